The maximum atomic E-state index is 13.3. The van der Waals surface area contributed by atoms with Gasteiger partial charge in [-0.3, -0.25) is 14.9 Å². The van der Waals surface area contributed by atoms with Gasteiger partial charge in [-0.15, -0.1) is 0 Å². The molecule has 0 aliphatic carbocycles. The molecule has 0 N–H and O–H groups in total. The maximum Gasteiger partial charge on any atom is 0.282 e. The Morgan fingerprint density at radius 1 is 1.10 bits per heavy atom. The van der Waals surface area contributed by atoms with Gasteiger partial charge in [-0.1, -0.05) is 41.4 Å². The van der Waals surface area contributed by atoms with E-state index in [1.807, 2.05) is 12.1 Å². The van der Waals surface area contributed by atoms with Crippen LogP contribution in [0, 0.1) is 10.1 Å². The molecular formula is C28H27BrN4O6. The van der Waals surface area contributed by atoms with E-state index in [4.69, 9.17) is 19.2 Å². The molecule has 0 radical (unpaired) electrons. The molecule has 0 unspecified atom stereocenters. The number of hydrogen-bond acceptors (Lipinski definition) is 8. The summed E-state index contributed by atoms with van der Waals surface area (Å²) in [6.07, 6.45) is 3.95. The summed E-state index contributed by atoms with van der Waals surface area (Å²) in [7, 11) is 2.99. The van der Waals surface area contributed by atoms with Gasteiger partial charge in [0, 0.05) is 28.6 Å². The van der Waals surface area contributed by atoms with Gasteiger partial charge in [-0.2, -0.15) is 9.78 Å². The quantitative estimate of drug-likeness (QED) is 0.121. The molecule has 3 aromatic carbocycles. The number of methoxy groups -OCH3 is 2. The first-order valence-corrected chi connectivity index (χ1v) is 13.0. The average Bonchev–Trinajstić information content (AvgIpc) is 2.94. The van der Waals surface area contributed by atoms with Gasteiger partial charge in [0.1, 0.15) is 12.4 Å². The van der Waals surface area contributed by atoms with Crippen molar-refractivity contribution in [1.82, 2.24) is 9.66 Å². The zero-order chi connectivity index (χ0) is 27.9. The Balaban J connectivity index is 1.68. The van der Waals surface area contributed by atoms with Gasteiger partial charge in [-0.25, -0.2) is 4.98 Å². The molecule has 0 aliphatic rings. The summed E-state index contributed by atoms with van der Waals surface area (Å²) in [4.78, 5) is 28.7. The molecule has 4 aromatic rings. The number of nitrogens with zero attached hydrogens (tertiary/aromatic N) is 4. The standard InChI is InChI=1S/C28H27BrN4O6/c1-4-5-9-26-31-23-11-10-20(29)15-22(23)28(34)32(26)30-16-19-13-24(37-2)27(25(14-19)38-3)39-17-18-7-6-8-21(12-18)33(35)36/h6-8,10-16H,4-5,9,17H2,1-3H3. The number of hydrogen-bond donors (Lipinski definition) is 0. The summed E-state index contributed by atoms with van der Waals surface area (Å²) >= 11 is 3.42. The van der Waals surface area contributed by atoms with Crippen molar-refractivity contribution in [3.8, 4) is 17.2 Å². The molecule has 0 spiro atoms. The number of nitro groups is 1. The summed E-state index contributed by atoms with van der Waals surface area (Å²) < 4.78 is 19.1. The third kappa shape index (κ3) is 6.43. The van der Waals surface area contributed by atoms with Crippen molar-refractivity contribution in [2.75, 3.05) is 14.2 Å². The third-order valence-electron chi connectivity index (χ3n) is 5.94. The lowest BCUT2D eigenvalue weighted by molar-refractivity contribution is -0.384. The number of aryl methyl sites for hydroxylation is 1. The van der Waals surface area contributed by atoms with E-state index in [1.54, 1.807) is 30.3 Å². The molecule has 10 nitrogen and oxygen atoms in total. The normalized spacial score (nSPS) is 11.2. The van der Waals surface area contributed by atoms with E-state index in [1.165, 1.54) is 37.2 Å². The number of aromatic nitrogens is 2. The fourth-order valence-electron chi connectivity index (χ4n) is 3.97. The minimum atomic E-state index is -0.457. The van der Waals surface area contributed by atoms with Gasteiger partial charge in [0.15, 0.2) is 11.5 Å². The highest BCUT2D eigenvalue weighted by molar-refractivity contribution is 9.10. The molecule has 11 heteroatoms. The lowest BCUT2D eigenvalue weighted by Gasteiger charge is -2.15. The topological polar surface area (TPSA) is 118 Å². The lowest BCUT2D eigenvalue weighted by Crippen LogP contribution is -2.22. The summed E-state index contributed by atoms with van der Waals surface area (Å²) in [6, 6.07) is 15.0. The van der Waals surface area contributed by atoms with Crippen LogP contribution in [0.1, 0.15) is 36.7 Å². The van der Waals surface area contributed by atoms with E-state index in [0.717, 1.165) is 17.3 Å². The van der Waals surface area contributed by atoms with E-state index < -0.39 is 4.92 Å². The molecular weight excluding hydrogens is 568 g/mol. The fraction of sp³-hybridized carbons (Fsp3) is 0.250. The number of ether oxygens (including phenoxy) is 3. The molecule has 0 bridgehead atoms. The van der Waals surface area contributed by atoms with Crippen molar-refractivity contribution in [3.05, 3.63) is 96.5 Å². The largest absolute Gasteiger partial charge is 0.493 e. The predicted octanol–water partition coefficient (Wildman–Crippen LogP) is 5.89. The lowest BCUT2D eigenvalue weighted by atomic mass is 10.2. The molecule has 0 saturated heterocycles. The Bertz CT molecular complexity index is 1580. The number of non-ortho nitro benzene ring substituents is 1. The Morgan fingerprint density at radius 2 is 1.85 bits per heavy atom. The summed E-state index contributed by atoms with van der Waals surface area (Å²) in [5, 5.41) is 16.0. The average molecular weight is 595 g/mol. The van der Waals surface area contributed by atoms with Gasteiger partial charge in [0.2, 0.25) is 5.75 Å². The number of fused-ring (bicyclic) bond motifs is 1. The third-order valence-corrected chi connectivity index (χ3v) is 6.43. The van der Waals surface area contributed by atoms with Gasteiger partial charge < -0.3 is 14.2 Å². The van der Waals surface area contributed by atoms with Crippen LogP contribution in [-0.4, -0.2) is 35.0 Å². The van der Waals surface area contributed by atoms with Gasteiger partial charge in [-0.05, 0) is 42.3 Å². The zero-order valence-corrected chi connectivity index (χ0v) is 23.3. The van der Waals surface area contributed by atoms with Crippen LogP contribution in [0.5, 0.6) is 17.2 Å². The Kier molecular flexibility index (Phi) is 8.92. The van der Waals surface area contributed by atoms with E-state index in [0.29, 0.717) is 51.5 Å². The van der Waals surface area contributed by atoms with Crippen LogP contribution >= 0.6 is 15.9 Å². The number of unbranched alkanes of at least 4 members (excludes halogenated alkanes) is 1. The molecule has 0 amide bonds. The smallest absolute Gasteiger partial charge is 0.282 e. The molecule has 0 fully saturated rings. The van der Waals surface area contributed by atoms with Gasteiger partial charge in [0.05, 0.1) is 36.3 Å². The van der Waals surface area contributed by atoms with Crippen molar-refractivity contribution >= 4 is 38.7 Å². The van der Waals surface area contributed by atoms with Crippen LogP contribution in [-0.2, 0) is 13.0 Å². The van der Waals surface area contributed by atoms with Crippen molar-refractivity contribution in [3.63, 3.8) is 0 Å². The highest BCUT2D eigenvalue weighted by atomic mass is 79.9. The van der Waals surface area contributed by atoms with E-state index in [2.05, 4.69) is 28.0 Å². The molecule has 39 heavy (non-hydrogen) atoms. The summed E-state index contributed by atoms with van der Waals surface area (Å²) in [5.41, 5.74) is 1.56. The molecule has 202 valence electrons. The van der Waals surface area contributed by atoms with Crippen LogP contribution in [0.2, 0.25) is 0 Å². The van der Waals surface area contributed by atoms with Crippen LogP contribution in [0.3, 0.4) is 0 Å². The van der Waals surface area contributed by atoms with E-state index in [9.17, 15) is 14.9 Å². The SMILES string of the molecule is CCCCc1nc2ccc(Br)cc2c(=O)n1N=Cc1cc(OC)c(OCc2cccc([N+](=O)[O-])c2)c(OC)c1. The molecule has 0 saturated carbocycles. The number of nitro benzene ring substituents is 1. The molecule has 0 atom stereocenters. The van der Waals surface area contributed by atoms with E-state index in [-0.39, 0.29) is 17.9 Å². The second kappa shape index (κ2) is 12.5. The van der Waals surface area contributed by atoms with Crippen molar-refractivity contribution in [2.24, 2.45) is 5.10 Å². The minimum absolute atomic E-state index is 0.0225. The second-order valence-electron chi connectivity index (χ2n) is 8.62. The first-order chi connectivity index (χ1) is 18.8. The van der Waals surface area contributed by atoms with Crippen molar-refractivity contribution in [1.29, 1.82) is 0 Å². The number of rotatable bonds is 11. The molecule has 1 aromatic heterocycles. The maximum absolute atomic E-state index is 13.3. The summed E-state index contributed by atoms with van der Waals surface area (Å²) in [5.74, 6) is 1.66. The van der Waals surface area contributed by atoms with Crippen LogP contribution in [0.25, 0.3) is 10.9 Å². The first kappa shape index (κ1) is 27.8. The number of benzene rings is 3. The second-order valence-corrected chi connectivity index (χ2v) is 9.54. The van der Waals surface area contributed by atoms with Gasteiger partial charge in [0.25, 0.3) is 11.2 Å². The minimum Gasteiger partial charge on any atom is -0.493 e. The monoisotopic (exact) mass is 594 g/mol. The fourth-order valence-corrected chi connectivity index (χ4v) is 4.33. The van der Waals surface area contributed by atoms with Crippen LogP contribution < -0.4 is 19.8 Å². The van der Waals surface area contributed by atoms with Crippen LogP contribution in [0.4, 0.5) is 5.69 Å². The molecule has 0 aliphatic heterocycles. The predicted molar refractivity (Wildman–Crippen MR) is 152 cm³/mol. The molecule has 1 heterocycles. The Morgan fingerprint density at radius 3 is 2.51 bits per heavy atom. The zero-order valence-electron chi connectivity index (χ0n) is 21.7. The number of halogens is 1. The van der Waals surface area contributed by atoms with E-state index >= 15 is 0 Å². The Labute approximate surface area is 233 Å². The van der Waals surface area contributed by atoms with Crippen molar-refractivity contribution in [2.45, 2.75) is 32.8 Å². The highest BCUT2D eigenvalue weighted by Crippen LogP contribution is 2.39. The highest BCUT2D eigenvalue weighted by Gasteiger charge is 2.16. The van der Waals surface area contributed by atoms with Crippen molar-refractivity contribution < 1.29 is 19.1 Å². The summed E-state index contributed by atoms with van der Waals surface area (Å²) in [6.45, 7) is 2.14. The van der Waals surface area contributed by atoms with Gasteiger partial charge >= 0.3 is 0 Å². The molecule has 4 rings (SSSR count). The van der Waals surface area contributed by atoms with Crippen LogP contribution in [0.15, 0.2) is 69.0 Å². The first-order valence-electron chi connectivity index (χ1n) is 12.2. The Hall–Kier alpha value is -4.25.